The van der Waals surface area contributed by atoms with Crippen LogP contribution in [-0.2, 0) is 18.1 Å². The van der Waals surface area contributed by atoms with E-state index >= 15 is 0 Å². The van der Waals surface area contributed by atoms with Crippen molar-refractivity contribution in [3.63, 3.8) is 0 Å². The maximum absolute atomic E-state index is 12.4. The fourth-order valence-corrected chi connectivity index (χ4v) is 1.43. The highest BCUT2D eigenvalue weighted by Gasteiger charge is 2.37. The Kier molecular flexibility index (Phi) is 3.47. The highest BCUT2D eigenvalue weighted by atomic mass is 32.1. The lowest BCUT2D eigenvalue weighted by Gasteiger charge is -2.14. The number of rotatable bonds is 1. The molecular formula is C9H6F6S. The van der Waals surface area contributed by atoms with Gasteiger partial charge in [0.1, 0.15) is 0 Å². The quantitative estimate of drug-likeness (QED) is 0.569. The molecule has 0 saturated heterocycles. The Labute approximate surface area is 92.7 Å². The van der Waals surface area contributed by atoms with Gasteiger partial charge in [0.25, 0.3) is 0 Å². The summed E-state index contributed by atoms with van der Waals surface area (Å²) in [4.78, 5) is 0. The van der Waals surface area contributed by atoms with E-state index in [0.717, 1.165) is 6.07 Å². The molecule has 0 heterocycles. The van der Waals surface area contributed by atoms with Gasteiger partial charge in [-0.2, -0.15) is 39.0 Å². The number of halogens is 6. The van der Waals surface area contributed by atoms with Crippen LogP contribution < -0.4 is 0 Å². The summed E-state index contributed by atoms with van der Waals surface area (Å²) in [5, 5.41) is 0. The zero-order chi connectivity index (χ0) is 12.6. The van der Waals surface area contributed by atoms with E-state index in [9.17, 15) is 26.3 Å². The van der Waals surface area contributed by atoms with Gasteiger partial charge in [0, 0.05) is 5.75 Å². The van der Waals surface area contributed by atoms with Crippen molar-refractivity contribution < 1.29 is 26.3 Å². The third-order valence-corrected chi connectivity index (χ3v) is 2.25. The van der Waals surface area contributed by atoms with Crippen LogP contribution in [0.5, 0.6) is 0 Å². The SMILES string of the molecule is FC(F)(F)c1ccc(CS)c(C(F)(F)F)c1. The average Bonchev–Trinajstić information content (AvgIpc) is 2.14. The predicted octanol–water partition coefficient (Wildman–Crippen LogP) is 4.15. The Morgan fingerprint density at radius 1 is 0.938 bits per heavy atom. The first kappa shape index (κ1) is 13.2. The molecule has 0 spiro atoms. The molecule has 0 radical (unpaired) electrons. The van der Waals surface area contributed by atoms with Crippen molar-refractivity contribution in [1.29, 1.82) is 0 Å². The van der Waals surface area contributed by atoms with Gasteiger partial charge in [-0.1, -0.05) is 6.07 Å². The fraction of sp³-hybridized carbons (Fsp3) is 0.333. The van der Waals surface area contributed by atoms with E-state index in [-0.39, 0.29) is 17.4 Å². The van der Waals surface area contributed by atoms with Gasteiger partial charge in [0.05, 0.1) is 11.1 Å². The maximum Gasteiger partial charge on any atom is 0.416 e. The molecule has 0 saturated carbocycles. The Balaban J connectivity index is 3.34. The van der Waals surface area contributed by atoms with Gasteiger partial charge in [-0.25, -0.2) is 0 Å². The summed E-state index contributed by atoms with van der Waals surface area (Å²) in [5.74, 6) is -0.271. The first-order valence-electron chi connectivity index (χ1n) is 4.04. The van der Waals surface area contributed by atoms with E-state index in [4.69, 9.17) is 0 Å². The third kappa shape index (κ3) is 2.84. The van der Waals surface area contributed by atoms with Crippen LogP contribution >= 0.6 is 12.6 Å². The minimum Gasteiger partial charge on any atom is -0.175 e. The van der Waals surface area contributed by atoms with Crippen LogP contribution in [0, 0.1) is 0 Å². The second-order valence-corrected chi connectivity index (χ2v) is 3.34. The molecule has 0 amide bonds. The average molecular weight is 260 g/mol. The normalized spacial score (nSPS) is 12.9. The molecule has 1 rings (SSSR count). The molecule has 90 valence electrons. The molecule has 0 atom stereocenters. The number of benzene rings is 1. The monoisotopic (exact) mass is 260 g/mol. The van der Waals surface area contributed by atoms with Gasteiger partial charge in [0.2, 0.25) is 0 Å². The summed E-state index contributed by atoms with van der Waals surface area (Å²) in [5.41, 5.74) is -2.88. The zero-order valence-corrected chi connectivity index (χ0v) is 8.55. The van der Waals surface area contributed by atoms with Crippen LogP contribution in [0.2, 0.25) is 0 Å². The maximum atomic E-state index is 12.4. The molecule has 0 bridgehead atoms. The second-order valence-electron chi connectivity index (χ2n) is 3.03. The molecule has 1 aromatic carbocycles. The van der Waals surface area contributed by atoms with Gasteiger partial charge in [-0.15, -0.1) is 0 Å². The van der Waals surface area contributed by atoms with E-state index in [2.05, 4.69) is 12.6 Å². The van der Waals surface area contributed by atoms with Crippen molar-refractivity contribution in [2.75, 3.05) is 0 Å². The van der Waals surface area contributed by atoms with E-state index < -0.39 is 23.5 Å². The smallest absolute Gasteiger partial charge is 0.175 e. The second kappa shape index (κ2) is 4.20. The molecular weight excluding hydrogens is 254 g/mol. The van der Waals surface area contributed by atoms with Crippen LogP contribution in [0.25, 0.3) is 0 Å². The van der Waals surface area contributed by atoms with Gasteiger partial charge < -0.3 is 0 Å². The highest BCUT2D eigenvalue weighted by molar-refractivity contribution is 7.79. The van der Waals surface area contributed by atoms with Crippen molar-refractivity contribution in [1.82, 2.24) is 0 Å². The van der Waals surface area contributed by atoms with Crippen molar-refractivity contribution in [3.05, 3.63) is 34.9 Å². The summed E-state index contributed by atoms with van der Waals surface area (Å²) in [6, 6.07) is 1.50. The van der Waals surface area contributed by atoms with E-state index in [0.29, 0.717) is 6.07 Å². The Bertz CT molecular complexity index is 379. The Hall–Kier alpha value is -0.850. The van der Waals surface area contributed by atoms with E-state index in [1.54, 1.807) is 0 Å². The molecule has 0 aliphatic rings. The fourth-order valence-electron chi connectivity index (χ4n) is 1.15. The van der Waals surface area contributed by atoms with Crippen LogP contribution in [0.1, 0.15) is 16.7 Å². The lowest BCUT2D eigenvalue weighted by Crippen LogP contribution is -2.12. The molecule has 1 aromatic rings. The summed E-state index contributed by atoms with van der Waals surface area (Å²) >= 11 is 3.64. The molecule has 0 aromatic heterocycles. The predicted molar refractivity (Wildman–Crippen MR) is 49.1 cm³/mol. The summed E-state index contributed by atoms with van der Waals surface area (Å²) in [6.45, 7) is 0. The minimum atomic E-state index is -4.81. The standard InChI is InChI=1S/C9H6F6S/c10-8(11,12)6-2-1-5(4-16)7(3-6)9(13,14)15/h1-3,16H,4H2. The van der Waals surface area contributed by atoms with Gasteiger partial charge >= 0.3 is 12.4 Å². The molecule has 0 fully saturated rings. The minimum absolute atomic E-state index is 0.103. The molecule has 16 heavy (non-hydrogen) atoms. The topological polar surface area (TPSA) is 0 Å². The van der Waals surface area contributed by atoms with Crippen LogP contribution in [0.3, 0.4) is 0 Å². The Morgan fingerprint density at radius 3 is 1.88 bits per heavy atom. The molecule has 0 nitrogen and oxygen atoms in total. The highest BCUT2D eigenvalue weighted by Crippen LogP contribution is 2.37. The Morgan fingerprint density at radius 2 is 1.50 bits per heavy atom. The summed E-state index contributed by atoms with van der Waals surface area (Å²) in [7, 11) is 0. The molecule has 0 aliphatic heterocycles. The molecule has 0 N–H and O–H groups in total. The number of hydrogen-bond acceptors (Lipinski definition) is 1. The van der Waals surface area contributed by atoms with Crippen LogP contribution in [-0.4, -0.2) is 0 Å². The number of alkyl halides is 6. The van der Waals surface area contributed by atoms with Crippen molar-refractivity contribution >= 4 is 12.6 Å². The third-order valence-electron chi connectivity index (χ3n) is 1.91. The van der Waals surface area contributed by atoms with Crippen LogP contribution in [0.15, 0.2) is 18.2 Å². The first-order valence-corrected chi connectivity index (χ1v) is 4.67. The molecule has 0 aliphatic carbocycles. The molecule has 0 unspecified atom stereocenters. The summed E-state index contributed by atoms with van der Waals surface area (Å²) in [6.07, 6.45) is -9.59. The lowest BCUT2D eigenvalue weighted by molar-refractivity contribution is -0.143. The number of hydrogen-bond donors (Lipinski definition) is 1. The van der Waals surface area contributed by atoms with Crippen LogP contribution in [0.4, 0.5) is 26.3 Å². The van der Waals surface area contributed by atoms with Gasteiger partial charge in [-0.3, -0.25) is 0 Å². The lowest BCUT2D eigenvalue weighted by atomic mass is 10.0. The van der Waals surface area contributed by atoms with Crippen molar-refractivity contribution in [2.24, 2.45) is 0 Å². The van der Waals surface area contributed by atoms with E-state index in [1.165, 1.54) is 0 Å². The van der Waals surface area contributed by atoms with Crippen molar-refractivity contribution in [3.8, 4) is 0 Å². The van der Waals surface area contributed by atoms with E-state index in [1.807, 2.05) is 0 Å². The first-order chi connectivity index (χ1) is 7.16. The zero-order valence-electron chi connectivity index (χ0n) is 7.65. The van der Waals surface area contributed by atoms with Crippen molar-refractivity contribution in [2.45, 2.75) is 18.1 Å². The summed E-state index contributed by atoms with van der Waals surface area (Å²) < 4.78 is 73.8. The van der Waals surface area contributed by atoms with Gasteiger partial charge in [-0.05, 0) is 17.7 Å². The van der Waals surface area contributed by atoms with Gasteiger partial charge in [0.15, 0.2) is 0 Å². The number of thiol groups is 1. The largest absolute Gasteiger partial charge is 0.416 e. The molecule has 7 heteroatoms.